The molecular weight excluding hydrogens is 391 g/mol. The highest BCUT2D eigenvalue weighted by Gasteiger charge is 2.23. The molecule has 0 saturated carbocycles. The van der Waals surface area contributed by atoms with Crippen LogP contribution in [0.25, 0.3) is 6.08 Å². The zero-order valence-corrected chi connectivity index (χ0v) is 15.7. The number of hydrogen-bond acceptors (Lipinski definition) is 4. The van der Waals surface area contributed by atoms with Crippen LogP contribution in [0.3, 0.4) is 0 Å². The zero-order valence-electron chi connectivity index (χ0n) is 14.2. The Kier molecular flexibility index (Phi) is 5.93. The Bertz CT molecular complexity index is 958. The van der Waals surface area contributed by atoms with Gasteiger partial charge in [-0.15, -0.1) is 0 Å². The summed E-state index contributed by atoms with van der Waals surface area (Å²) in [5, 5.41) is 3.20. The number of carbonyl (C=O) groups excluding carboxylic acids is 2. The Morgan fingerprint density at radius 1 is 1.30 bits per heavy atom. The number of nitrogens with one attached hydrogen (secondary N) is 1. The first-order valence-electron chi connectivity index (χ1n) is 7.87. The second-order valence-electron chi connectivity index (χ2n) is 5.61. The van der Waals surface area contributed by atoms with Crippen LogP contribution in [0.1, 0.15) is 18.1 Å². The van der Waals surface area contributed by atoms with E-state index < -0.39 is 5.91 Å². The molecule has 0 unspecified atom stereocenters. The van der Waals surface area contributed by atoms with E-state index in [4.69, 9.17) is 16.3 Å². The van der Waals surface area contributed by atoms with Crippen molar-refractivity contribution in [3.8, 4) is 5.75 Å². The van der Waals surface area contributed by atoms with Crippen molar-refractivity contribution in [1.29, 1.82) is 0 Å². The fourth-order valence-electron chi connectivity index (χ4n) is 2.26. The van der Waals surface area contributed by atoms with Gasteiger partial charge in [0.2, 0.25) is 5.91 Å². The van der Waals surface area contributed by atoms with Crippen LogP contribution in [0.2, 0.25) is 5.02 Å². The van der Waals surface area contributed by atoms with Crippen LogP contribution < -0.4 is 10.1 Å². The molecule has 3 rings (SSSR count). The molecule has 0 atom stereocenters. The van der Waals surface area contributed by atoms with Crippen molar-refractivity contribution < 1.29 is 18.7 Å². The maximum absolute atomic E-state index is 13.0. The highest BCUT2D eigenvalue weighted by atomic mass is 35.5. The molecule has 0 bridgehead atoms. The molecule has 138 valence electrons. The molecule has 0 spiro atoms. The number of aliphatic imine (C=N–C) groups is 1. The summed E-state index contributed by atoms with van der Waals surface area (Å²) >= 11 is 7.13. The van der Waals surface area contributed by atoms with Crippen molar-refractivity contribution in [3.63, 3.8) is 0 Å². The fraction of sp³-hybridized carbons (Fsp3) is 0.105. The van der Waals surface area contributed by atoms with Gasteiger partial charge in [0.15, 0.2) is 5.17 Å². The van der Waals surface area contributed by atoms with Gasteiger partial charge < -0.3 is 10.1 Å². The first-order chi connectivity index (χ1) is 12.9. The molecule has 1 heterocycles. The lowest BCUT2D eigenvalue weighted by atomic mass is 10.1. The minimum Gasteiger partial charge on any atom is -0.488 e. The maximum atomic E-state index is 13.0. The number of nitrogens with zero attached hydrogens (tertiary/aromatic N) is 1. The minimum atomic E-state index is -0.451. The molecule has 1 aliphatic heterocycles. The number of carbonyl (C=O) groups is 2. The average Bonchev–Trinajstić information content (AvgIpc) is 2.94. The number of rotatable bonds is 4. The number of amides is 2. The Morgan fingerprint density at radius 3 is 2.74 bits per heavy atom. The van der Waals surface area contributed by atoms with Crippen LogP contribution in [-0.2, 0) is 16.2 Å². The summed E-state index contributed by atoms with van der Waals surface area (Å²) in [6, 6.07) is 11.0. The highest BCUT2D eigenvalue weighted by molar-refractivity contribution is 8.18. The number of hydrogen-bond donors (Lipinski definition) is 1. The third-order valence-electron chi connectivity index (χ3n) is 3.47. The van der Waals surface area contributed by atoms with Crippen LogP contribution >= 0.6 is 23.4 Å². The van der Waals surface area contributed by atoms with Crippen molar-refractivity contribution in [2.24, 2.45) is 4.99 Å². The van der Waals surface area contributed by atoms with Crippen molar-refractivity contribution >= 4 is 46.4 Å². The molecule has 2 aromatic carbocycles. The van der Waals surface area contributed by atoms with E-state index in [1.807, 2.05) is 0 Å². The molecule has 8 heteroatoms. The SMILES string of the molecule is CC(=O)NC1=NC(=O)/C(=C\c2cc(Cl)ccc2OCc2ccc(F)cc2)S1. The number of ether oxygens (including phenoxy) is 1. The van der Waals surface area contributed by atoms with Gasteiger partial charge in [0.1, 0.15) is 18.2 Å². The van der Waals surface area contributed by atoms with E-state index in [1.54, 1.807) is 36.4 Å². The molecule has 0 fully saturated rings. The molecule has 2 aromatic rings. The molecular formula is C19H14ClFN2O3S. The molecule has 0 aliphatic carbocycles. The number of amidine groups is 1. The van der Waals surface area contributed by atoms with Crippen LogP contribution in [0.5, 0.6) is 5.75 Å². The van der Waals surface area contributed by atoms with Crippen molar-refractivity contribution in [3.05, 3.63) is 69.3 Å². The molecule has 2 amide bonds. The van der Waals surface area contributed by atoms with Gasteiger partial charge in [-0.05, 0) is 53.7 Å². The Morgan fingerprint density at radius 2 is 2.04 bits per heavy atom. The van der Waals surface area contributed by atoms with Gasteiger partial charge in [-0.25, -0.2) is 4.39 Å². The maximum Gasteiger partial charge on any atom is 0.286 e. The standard InChI is InChI=1S/C19H14ClFN2O3S/c1-11(24)22-19-23-18(25)17(27-19)9-13-8-14(20)4-7-16(13)26-10-12-2-5-15(21)6-3-12/h2-9H,10H2,1H3,(H,22,23,24,25)/b17-9+. The minimum absolute atomic E-state index is 0.229. The topological polar surface area (TPSA) is 67.8 Å². The summed E-state index contributed by atoms with van der Waals surface area (Å²) in [6.45, 7) is 1.57. The van der Waals surface area contributed by atoms with E-state index >= 15 is 0 Å². The Balaban J connectivity index is 1.79. The third kappa shape index (κ3) is 5.18. The lowest BCUT2D eigenvalue weighted by Crippen LogP contribution is -2.23. The lowest BCUT2D eigenvalue weighted by molar-refractivity contribution is -0.117. The van der Waals surface area contributed by atoms with E-state index in [9.17, 15) is 14.0 Å². The normalized spacial score (nSPS) is 15.0. The summed E-state index contributed by atoms with van der Waals surface area (Å²) in [5.41, 5.74) is 1.40. The summed E-state index contributed by atoms with van der Waals surface area (Å²) in [5.74, 6) is -0.561. The van der Waals surface area contributed by atoms with E-state index in [0.29, 0.717) is 21.2 Å². The third-order valence-corrected chi connectivity index (χ3v) is 4.60. The van der Waals surface area contributed by atoms with Crippen LogP contribution in [0.15, 0.2) is 52.4 Å². The van der Waals surface area contributed by atoms with Gasteiger partial charge in [0.05, 0.1) is 4.91 Å². The lowest BCUT2D eigenvalue weighted by Gasteiger charge is -2.10. The second-order valence-corrected chi connectivity index (χ2v) is 7.08. The first-order valence-corrected chi connectivity index (χ1v) is 9.07. The van der Waals surface area contributed by atoms with E-state index in [1.165, 1.54) is 19.1 Å². The predicted octanol–water partition coefficient (Wildman–Crippen LogP) is 4.16. The first kappa shape index (κ1) is 19.1. The molecule has 1 aliphatic rings. The largest absolute Gasteiger partial charge is 0.488 e. The summed E-state index contributed by atoms with van der Waals surface area (Å²) < 4.78 is 18.8. The van der Waals surface area contributed by atoms with Crippen molar-refractivity contribution in [2.75, 3.05) is 0 Å². The highest BCUT2D eigenvalue weighted by Crippen LogP contribution is 2.32. The molecule has 5 nitrogen and oxygen atoms in total. The van der Waals surface area contributed by atoms with Crippen LogP contribution in [0.4, 0.5) is 4.39 Å². The fourth-order valence-corrected chi connectivity index (χ4v) is 3.29. The Labute approximate surface area is 164 Å². The zero-order chi connectivity index (χ0) is 19.4. The molecule has 1 N–H and O–H groups in total. The van der Waals surface area contributed by atoms with Gasteiger partial charge in [0, 0.05) is 17.5 Å². The molecule has 0 saturated heterocycles. The number of benzene rings is 2. The second kappa shape index (κ2) is 8.37. The summed E-state index contributed by atoms with van der Waals surface area (Å²) in [4.78, 5) is 27.3. The van der Waals surface area contributed by atoms with E-state index in [2.05, 4.69) is 10.3 Å². The summed E-state index contributed by atoms with van der Waals surface area (Å²) in [6.07, 6.45) is 1.61. The van der Waals surface area contributed by atoms with Crippen LogP contribution in [0, 0.1) is 5.82 Å². The van der Waals surface area contributed by atoms with Crippen LogP contribution in [-0.4, -0.2) is 17.0 Å². The number of thioether (sulfide) groups is 1. The quantitative estimate of drug-likeness (QED) is 0.777. The smallest absolute Gasteiger partial charge is 0.286 e. The van der Waals surface area contributed by atoms with Crippen molar-refractivity contribution in [2.45, 2.75) is 13.5 Å². The summed E-state index contributed by atoms with van der Waals surface area (Å²) in [7, 11) is 0. The average molecular weight is 405 g/mol. The van der Waals surface area contributed by atoms with E-state index in [-0.39, 0.29) is 23.5 Å². The molecule has 0 radical (unpaired) electrons. The van der Waals surface area contributed by atoms with Crippen molar-refractivity contribution in [1.82, 2.24) is 5.32 Å². The number of halogens is 2. The van der Waals surface area contributed by atoms with Gasteiger partial charge in [-0.1, -0.05) is 23.7 Å². The van der Waals surface area contributed by atoms with Gasteiger partial charge in [-0.3, -0.25) is 9.59 Å². The van der Waals surface area contributed by atoms with Gasteiger partial charge in [-0.2, -0.15) is 4.99 Å². The monoisotopic (exact) mass is 404 g/mol. The molecule has 0 aromatic heterocycles. The van der Waals surface area contributed by atoms with Gasteiger partial charge in [0.25, 0.3) is 5.91 Å². The molecule has 27 heavy (non-hydrogen) atoms. The Hall–Kier alpha value is -2.64. The van der Waals surface area contributed by atoms with Gasteiger partial charge >= 0.3 is 0 Å². The van der Waals surface area contributed by atoms with E-state index in [0.717, 1.165) is 17.3 Å². The predicted molar refractivity (Wildman–Crippen MR) is 104 cm³/mol.